The van der Waals surface area contributed by atoms with Crippen molar-refractivity contribution in [2.24, 2.45) is 5.73 Å². The van der Waals surface area contributed by atoms with Gasteiger partial charge < -0.3 is 15.8 Å². The van der Waals surface area contributed by atoms with Crippen molar-refractivity contribution in [3.63, 3.8) is 0 Å². The van der Waals surface area contributed by atoms with E-state index in [9.17, 15) is 4.79 Å². The second-order valence-electron chi connectivity index (χ2n) is 2.72. The molecule has 0 spiro atoms. The van der Waals surface area contributed by atoms with E-state index in [2.05, 4.69) is 5.32 Å². The molecule has 82 valence electrons. The maximum atomic E-state index is 11.1. The Balaban J connectivity index is 3.09. The summed E-state index contributed by atoms with van der Waals surface area (Å²) in [6, 6.07) is 3.07. The number of carbonyl (C=O) groups is 1. The van der Waals surface area contributed by atoms with Gasteiger partial charge in [0, 0.05) is 5.02 Å². The molecule has 0 unspecified atom stereocenters. The van der Waals surface area contributed by atoms with Gasteiger partial charge in [-0.25, -0.2) is 0 Å². The van der Waals surface area contributed by atoms with E-state index in [0.29, 0.717) is 21.5 Å². The average molecular weight is 249 g/mol. The van der Waals surface area contributed by atoms with Gasteiger partial charge in [0.25, 0.3) is 0 Å². The molecule has 4 nitrogen and oxygen atoms in total. The number of halogens is 2. The predicted molar refractivity (Wildman–Crippen MR) is 60.7 cm³/mol. The van der Waals surface area contributed by atoms with Crippen LogP contribution in [0.15, 0.2) is 12.1 Å². The molecule has 0 aliphatic rings. The zero-order valence-electron chi connectivity index (χ0n) is 8.01. The molecule has 15 heavy (non-hydrogen) atoms. The maximum absolute atomic E-state index is 11.1. The average Bonchev–Trinajstić information content (AvgIpc) is 2.17. The Kier molecular flexibility index (Phi) is 4.20. The zero-order chi connectivity index (χ0) is 11.4. The van der Waals surface area contributed by atoms with E-state index in [0.717, 1.165) is 0 Å². The Morgan fingerprint density at radius 2 is 2.20 bits per heavy atom. The van der Waals surface area contributed by atoms with Crippen molar-refractivity contribution in [1.82, 2.24) is 0 Å². The van der Waals surface area contributed by atoms with Crippen LogP contribution in [0, 0.1) is 0 Å². The first-order valence-electron chi connectivity index (χ1n) is 4.11. The molecule has 0 fully saturated rings. The van der Waals surface area contributed by atoms with Crippen LogP contribution in [-0.4, -0.2) is 19.6 Å². The highest BCUT2D eigenvalue weighted by atomic mass is 35.5. The fourth-order valence-corrected chi connectivity index (χ4v) is 1.63. The van der Waals surface area contributed by atoms with E-state index in [-0.39, 0.29) is 12.5 Å². The first kappa shape index (κ1) is 12.1. The molecule has 0 aliphatic heterocycles. The van der Waals surface area contributed by atoms with Crippen molar-refractivity contribution in [1.29, 1.82) is 0 Å². The molecule has 1 aromatic rings. The Hall–Kier alpha value is -0.970. The van der Waals surface area contributed by atoms with E-state index in [1.165, 1.54) is 13.2 Å². The van der Waals surface area contributed by atoms with E-state index in [1.54, 1.807) is 6.07 Å². The first-order valence-corrected chi connectivity index (χ1v) is 4.87. The van der Waals surface area contributed by atoms with Crippen LogP contribution in [0.5, 0.6) is 5.75 Å². The molecule has 0 saturated heterocycles. The van der Waals surface area contributed by atoms with Crippen molar-refractivity contribution in [2.45, 2.75) is 0 Å². The van der Waals surface area contributed by atoms with Crippen molar-refractivity contribution in [3.8, 4) is 5.75 Å². The second-order valence-corrected chi connectivity index (χ2v) is 3.56. The van der Waals surface area contributed by atoms with Crippen LogP contribution in [0.25, 0.3) is 0 Å². The molecule has 0 radical (unpaired) electrons. The van der Waals surface area contributed by atoms with Crippen LogP contribution in [-0.2, 0) is 4.79 Å². The lowest BCUT2D eigenvalue weighted by atomic mass is 10.3. The third-order valence-electron chi connectivity index (χ3n) is 1.67. The Morgan fingerprint density at radius 3 is 2.73 bits per heavy atom. The standard InChI is InChI=1S/C9H10Cl2N2O2/c1-15-9-6(11)2-5(10)3-7(9)13-8(14)4-12/h2-3H,4,12H2,1H3,(H,13,14). The Labute approximate surface area is 97.3 Å². The topological polar surface area (TPSA) is 64.3 Å². The summed E-state index contributed by atoms with van der Waals surface area (Å²) in [7, 11) is 1.45. The van der Waals surface area contributed by atoms with Gasteiger partial charge in [-0.2, -0.15) is 0 Å². The summed E-state index contributed by atoms with van der Waals surface area (Å²) in [5.41, 5.74) is 5.58. The number of nitrogens with one attached hydrogen (secondary N) is 1. The molecule has 0 aromatic heterocycles. The highest BCUT2D eigenvalue weighted by Crippen LogP contribution is 2.35. The number of carbonyl (C=O) groups excluding carboxylic acids is 1. The molecule has 0 atom stereocenters. The normalized spacial score (nSPS) is 9.87. The van der Waals surface area contributed by atoms with E-state index >= 15 is 0 Å². The van der Waals surface area contributed by atoms with Crippen LogP contribution in [0.4, 0.5) is 5.69 Å². The number of hydrogen-bond acceptors (Lipinski definition) is 3. The third-order valence-corrected chi connectivity index (χ3v) is 2.17. The van der Waals surface area contributed by atoms with Crippen molar-refractivity contribution < 1.29 is 9.53 Å². The van der Waals surface area contributed by atoms with E-state index in [4.69, 9.17) is 33.7 Å². The smallest absolute Gasteiger partial charge is 0.238 e. The van der Waals surface area contributed by atoms with E-state index in [1.807, 2.05) is 0 Å². The quantitative estimate of drug-likeness (QED) is 0.859. The maximum Gasteiger partial charge on any atom is 0.238 e. The van der Waals surface area contributed by atoms with Gasteiger partial charge in [-0.1, -0.05) is 23.2 Å². The Morgan fingerprint density at radius 1 is 1.53 bits per heavy atom. The molecule has 1 rings (SSSR count). The van der Waals surface area contributed by atoms with Gasteiger partial charge in [-0.15, -0.1) is 0 Å². The number of hydrogen-bond donors (Lipinski definition) is 2. The molecule has 1 aromatic carbocycles. The second kappa shape index (κ2) is 5.21. The highest BCUT2D eigenvalue weighted by molar-refractivity contribution is 6.36. The van der Waals surface area contributed by atoms with Gasteiger partial charge in [0.2, 0.25) is 5.91 Å². The zero-order valence-corrected chi connectivity index (χ0v) is 9.52. The van der Waals surface area contributed by atoms with Crippen molar-refractivity contribution in [3.05, 3.63) is 22.2 Å². The predicted octanol–water partition coefficient (Wildman–Crippen LogP) is 1.90. The molecular weight excluding hydrogens is 239 g/mol. The number of ether oxygens (including phenoxy) is 1. The molecule has 1 amide bonds. The third kappa shape index (κ3) is 2.99. The summed E-state index contributed by atoms with van der Waals surface area (Å²) in [5, 5.41) is 3.28. The minimum absolute atomic E-state index is 0.118. The van der Waals surface area contributed by atoms with Crippen LogP contribution in [0.3, 0.4) is 0 Å². The lowest BCUT2D eigenvalue weighted by Gasteiger charge is -2.11. The number of amides is 1. The lowest BCUT2D eigenvalue weighted by Crippen LogP contribution is -2.22. The summed E-state index contributed by atoms with van der Waals surface area (Å²) >= 11 is 11.7. The van der Waals surface area contributed by atoms with Gasteiger partial charge in [0.1, 0.15) is 0 Å². The van der Waals surface area contributed by atoms with Gasteiger partial charge in [0.15, 0.2) is 5.75 Å². The molecular formula is C9H10Cl2N2O2. The molecule has 0 heterocycles. The number of rotatable bonds is 3. The summed E-state index contributed by atoms with van der Waals surface area (Å²) in [5.74, 6) is 0.0227. The van der Waals surface area contributed by atoms with Crippen LogP contribution >= 0.6 is 23.2 Å². The summed E-state index contributed by atoms with van der Waals surface area (Å²) in [4.78, 5) is 11.1. The van der Waals surface area contributed by atoms with Gasteiger partial charge >= 0.3 is 0 Å². The van der Waals surface area contributed by atoms with Crippen LogP contribution < -0.4 is 15.8 Å². The minimum Gasteiger partial charge on any atom is -0.493 e. The van der Waals surface area contributed by atoms with E-state index < -0.39 is 0 Å². The largest absolute Gasteiger partial charge is 0.493 e. The van der Waals surface area contributed by atoms with Crippen LogP contribution in [0.2, 0.25) is 10.0 Å². The molecule has 0 saturated carbocycles. The van der Waals surface area contributed by atoms with Gasteiger partial charge in [0.05, 0.1) is 24.4 Å². The number of benzene rings is 1. The number of anilines is 1. The fraction of sp³-hybridized carbons (Fsp3) is 0.222. The van der Waals surface area contributed by atoms with Gasteiger partial charge in [-0.05, 0) is 12.1 Å². The Bertz CT molecular complexity index is 383. The number of nitrogens with two attached hydrogens (primary N) is 1. The first-order chi connectivity index (χ1) is 7.08. The fourth-order valence-electron chi connectivity index (χ4n) is 1.06. The number of methoxy groups -OCH3 is 1. The summed E-state index contributed by atoms with van der Waals surface area (Å²) in [6.07, 6.45) is 0. The summed E-state index contributed by atoms with van der Waals surface area (Å²) in [6.45, 7) is -0.118. The van der Waals surface area contributed by atoms with Crippen molar-refractivity contribution in [2.75, 3.05) is 19.0 Å². The lowest BCUT2D eigenvalue weighted by molar-refractivity contribution is -0.114. The molecule has 0 bridgehead atoms. The van der Waals surface area contributed by atoms with Crippen LogP contribution in [0.1, 0.15) is 0 Å². The van der Waals surface area contributed by atoms with Gasteiger partial charge in [-0.3, -0.25) is 4.79 Å². The molecule has 6 heteroatoms. The highest BCUT2D eigenvalue weighted by Gasteiger charge is 2.11. The monoisotopic (exact) mass is 248 g/mol. The molecule has 3 N–H and O–H groups in total. The molecule has 0 aliphatic carbocycles. The summed E-state index contributed by atoms with van der Waals surface area (Å²) < 4.78 is 5.03. The van der Waals surface area contributed by atoms with Crippen molar-refractivity contribution >= 4 is 34.8 Å². The SMILES string of the molecule is COc1c(Cl)cc(Cl)cc1NC(=O)CN. The minimum atomic E-state index is -0.341.